The molecule has 2 bridgehead atoms. The first-order chi connectivity index (χ1) is 14.5. The van der Waals surface area contributed by atoms with Crippen LogP contribution in [0.5, 0.6) is 5.88 Å². The van der Waals surface area contributed by atoms with E-state index in [0.717, 1.165) is 11.1 Å². The molecule has 2 N–H and O–H groups in total. The van der Waals surface area contributed by atoms with E-state index in [1.807, 2.05) is 14.0 Å². The Kier molecular flexibility index (Phi) is 6.47. The summed E-state index contributed by atoms with van der Waals surface area (Å²) in [6.45, 7) is 1.77. The minimum absolute atomic E-state index is 0.0573. The molecule has 30 heavy (non-hydrogen) atoms. The van der Waals surface area contributed by atoms with Gasteiger partial charge in [0.25, 0.3) is 5.88 Å². The van der Waals surface area contributed by atoms with Gasteiger partial charge in [-0.1, -0.05) is 19.3 Å². The number of aryl methyl sites for hydroxylation is 1. The fraction of sp³-hybridized carbons (Fsp3) is 0.579. The highest BCUT2D eigenvalue weighted by atomic mass is 79.9. The number of fused-ring (bicyclic) bond motifs is 2. The minimum Gasteiger partial charge on any atom is -0.472 e. The predicted molar refractivity (Wildman–Crippen MR) is 114 cm³/mol. The maximum Gasteiger partial charge on any atom is 0.258 e. The van der Waals surface area contributed by atoms with Crippen LogP contribution in [0.3, 0.4) is 0 Å². The highest BCUT2D eigenvalue weighted by Crippen LogP contribution is 2.33. The number of halogens is 2. The number of aromatic nitrogens is 6. The lowest BCUT2D eigenvalue weighted by atomic mass is 9.98. The molecule has 1 aliphatic heterocycles. The SMILES string of the molecule is COC1CCCCC1.Cc1nn2c3nc(ncc13)Nc1c(n[nH]c1Br)OCC(F)C2. The average molecular weight is 482 g/mol. The Balaban J connectivity index is 0.000000230. The summed E-state index contributed by atoms with van der Waals surface area (Å²) in [7, 11) is 1.82. The highest BCUT2D eigenvalue weighted by Gasteiger charge is 2.21. The van der Waals surface area contributed by atoms with Crippen molar-refractivity contribution in [3.05, 3.63) is 16.5 Å². The lowest BCUT2D eigenvalue weighted by Gasteiger charge is -2.19. The Morgan fingerprint density at radius 1 is 1.30 bits per heavy atom. The van der Waals surface area contributed by atoms with Crippen LogP contribution in [0, 0.1) is 6.92 Å². The molecule has 4 heterocycles. The summed E-state index contributed by atoms with van der Waals surface area (Å²) in [6, 6.07) is 0. The summed E-state index contributed by atoms with van der Waals surface area (Å²) >= 11 is 3.32. The third-order valence-electron chi connectivity index (χ3n) is 5.26. The number of hydrogen-bond acceptors (Lipinski definition) is 7. The van der Waals surface area contributed by atoms with Gasteiger partial charge in [-0.05, 0) is 35.7 Å². The molecular weight excluding hydrogens is 457 g/mol. The van der Waals surface area contributed by atoms with E-state index in [1.54, 1.807) is 6.20 Å². The van der Waals surface area contributed by atoms with Crippen LogP contribution in [-0.2, 0) is 11.3 Å². The summed E-state index contributed by atoms with van der Waals surface area (Å²) < 4.78 is 26.9. The highest BCUT2D eigenvalue weighted by molar-refractivity contribution is 9.10. The third-order valence-corrected chi connectivity index (χ3v) is 5.83. The largest absolute Gasteiger partial charge is 0.472 e. The second-order valence-corrected chi connectivity index (χ2v) is 8.24. The minimum atomic E-state index is -1.23. The average Bonchev–Trinajstić information content (AvgIpc) is 3.26. The van der Waals surface area contributed by atoms with Crippen LogP contribution < -0.4 is 10.1 Å². The standard InChI is InChI=1S/C12H11BrFN7O.C7H14O/c1-5-7-2-15-12-16-8-9(13)18-19-11(8)22-4-6(14)3-21(20-5)10(7)17-12;1-8-7-5-3-2-4-6-7/h2,6H,3-4H2,1H3,(H,18,19)(H,15,16,17);7H,2-6H2,1H3. The first-order valence-electron chi connectivity index (χ1n) is 10.1. The van der Waals surface area contributed by atoms with Crippen molar-refractivity contribution in [2.75, 3.05) is 19.0 Å². The number of hydrogen-bond donors (Lipinski definition) is 2. The van der Waals surface area contributed by atoms with E-state index in [1.165, 1.54) is 36.8 Å². The van der Waals surface area contributed by atoms with E-state index in [0.29, 0.717) is 28.0 Å². The summed E-state index contributed by atoms with van der Waals surface area (Å²) in [4.78, 5) is 8.69. The van der Waals surface area contributed by atoms with Crippen molar-refractivity contribution in [2.45, 2.75) is 57.8 Å². The van der Waals surface area contributed by atoms with Gasteiger partial charge in [0.2, 0.25) is 5.95 Å². The maximum absolute atomic E-state index is 14.2. The molecule has 1 aliphatic carbocycles. The molecular formula is C19H25BrFN7O2. The monoisotopic (exact) mass is 481 g/mol. The number of nitrogens with one attached hydrogen (secondary N) is 2. The number of H-pyrrole nitrogens is 1. The van der Waals surface area contributed by atoms with Crippen LogP contribution in [0.1, 0.15) is 37.8 Å². The van der Waals surface area contributed by atoms with Crippen molar-refractivity contribution in [2.24, 2.45) is 0 Å². The van der Waals surface area contributed by atoms with Crippen molar-refractivity contribution in [3.8, 4) is 5.88 Å². The van der Waals surface area contributed by atoms with Crippen LogP contribution in [0.15, 0.2) is 10.8 Å². The lowest BCUT2D eigenvalue weighted by molar-refractivity contribution is 0.0710. The molecule has 0 radical (unpaired) electrons. The van der Waals surface area contributed by atoms with E-state index in [4.69, 9.17) is 9.47 Å². The predicted octanol–water partition coefficient (Wildman–Crippen LogP) is 4.06. The normalized spacial score (nSPS) is 19.3. The molecule has 1 atom stereocenters. The van der Waals surface area contributed by atoms with Gasteiger partial charge in [0.1, 0.15) is 16.9 Å². The summed E-state index contributed by atoms with van der Waals surface area (Å²) in [5, 5.41) is 14.8. The maximum atomic E-state index is 14.2. The topological polar surface area (TPSA) is 103 Å². The molecule has 0 aromatic carbocycles. The van der Waals surface area contributed by atoms with Crippen molar-refractivity contribution in [3.63, 3.8) is 0 Å². The number of nitrogens with zero attached hydrogens (tertiary/aromatic N) is 5. The second-order valence-electron chi connectivity index (χ2n) is 7.45. The van der Waals surface area contributed by atoms with E-state index < -0.39 is 6.17 Å². The van der Waals surface area contributed by atoms with E-state index in [2.05, 4.69) is 46.5 Å². The van der Waals surface area contributed by atoms with Gasteiger partial charge in [0, 0.05) is 13.3 Å². The molecule has 1 saturated carbocycles. The summed E-state index contributed by atoms with van der Waals surface area (Å²) in [6.07, 6.45) is 7.76. The molecule has 3 aromatic rings. The first-order valence-corrected chi connectivity index (χ1v) is 10.8. The van der Waals surface area contributed by atoms with Gasteiger partial charge in [0.15, 0.2) is 11.8 Å². The Hall–Kier alpha value is -2.27. The molecule has 3 aromatic heterocycles. The third kappa shape index (κ3) is 4.56. The molecule has 5 rings (SSSR count). The van der Waals surface area contributed by atoms with Gasteiger partial charge in [-0.2, -0.15) is 10.1 Å². The smallest absolute Gasteiger partial charge is 0.258 e. The molecule has 0 spiro atoms. The van der Waals surface area contributed by atoms with Gasteiger partial charge in [-0.3, -0.25) is 5.10 Å². The van der Waals surface area contributed by atoms with Crippen molar-refractivity contribution in [1.29, 1.82) is 0 Å². The molecule has 2 aliphatic rings. The second kappa shape index (κ2) is 9.25. The zero-order valence-electron chi connectivity index (χ0n) is 17.0. The van der Waals surface area contributed by atoms with E-state index >= 15 is 0 Å². The van der Waals surface area contributed by atoms with Crippen LogP contribution in [0.4, 0.5) is 16.0 Å². The van der Waals surface area contributed by atoms with Crippen LogP contribution in [0.2, 0.25) is 0 Å². The lowest BCUT2D eigenvalue weighted by Crippen LogP contribution is -2.20. The van der Waals surface area contributed by atoms with E-state index in [-0.39, 0.29) is 19.0 Å². The molecule has 0 amide bonds. The van der Waals surface area contributed by atoms with Gasteiger partial charge in [0.05, 0.1) is 23.7 Å². The molecule has 0 saturated heterocycles. The Morgan fingerprint density at radius 3 is 2.83 bits per heavy atom. The summed E-state index contributed by atoms with van der Waals surface area (Å²) in [5.74, 6) is 0.617. The van der Waals surface area contributed by atoms with Crippen molar-refractivity contribution >= 4 is 38.6 Å². The number of alkyl halides is 1. The number of aromatic amines is 1. The number of anilines is 2. The Morgan fingerprint density at radius 2 is 2.10 bits per heavy atom. The van der Waals surface area contributed by atoms with Gasteiger partial charge >= 0.3 is 0 Å². The van der Waals surface area contributed by atoms with Gasteiger partial charge < -0.3 is 14.8 Å². The van der Waals surface area contributed by atoms with Gasteiger partial charge in [-0.15, -0.1) is 5.10 Å². The Labute approximate surface area is 181 Å². The fourth-order valence-corrected chi connectivity index (χ4v) is 3.99. The zero-order chi connectivity index (χ0) is 21.1. The first kappa shape index (κ1) is 21.0. The van der Waals surface area contributed by atoms with Crippen LogP contribution in [0.25, 0.3) is 11.0 Å². The number of rotatable bonds is 1. The molecule has 1 unspecified atom stereocenters. The fourth-order valence-electron chi connectivity index (χ4n) is 3.64. The van der Waals surface area contributed by atoms with Crippen LogP contribution in [-0.4, -0.2) is 55.9 Å². The number of ether oxygens (including phenoxy) is 2. The Bertz CT molecular complexity index is 1000. The van der Waals surface area contributed by atoms with Crippen LogP contribution >= 0.6 is 15.9 Å². The van der Waals surface area contributed by atoms with E-state index in [9.17, 15) is 4.39 Å². The number of methoxy groups -OCH3 is 1. The van der Waals surface area contributed by atoms with Gasteiger partial charge in [-0.25, -0.2) is 14.1 Å². The van der Waals surface area contributed by atoms with Crippen molar-refractivity contribution < 1.29 is 13.9 Å². The molecule has 9 nitrogen and oxygen atoms in total. The molecule has 1 fully saturated rings. The van der Waals surface area contributed by atoms with Crippen molar-refractivity contribution in [1.82, 2.24) is 29.9 Å². The summed E-state index contributed by atoms with van der Waals surface area (Å²) in [5.41, 5.74) is 1.87. The molecule has 162 valence electrons. The quantitative estimate of drug-likeness (QED) is 0.539. The molecule has 11 heteroatoms. The zero-order valence-corrected chi connectivity index (χ0v) is 18.6.